The van der Waals surface area contributed by atoms with Crippen molar-refractivity contribution in [1.82, 2.24) is 5.06 Å². The fourth-order valence-corrected chi connectivity index (χ4v) is 1.70. The minimum Gasteiger partial charge on any atom is -0.497 e. The highest BCUT2D eigenvalue weighted by atomic mass is 16.7. The number of hydroxylamine groups is 2. The van der Waals surface area contributed by atoms with E-state index in [-0.39, 0.29) is 12.0 Å². The van der Waals surface area contributed by atoms with Crippen molar-refractivity contribution >= 4 is 5.97 Å². The Morgan fingerprint density at radius 2 is 2.12 bits per heavy atom. The quantitative estimate of drug-likeness (QED) is 0.779. The third-order valence-electron chi connectivity index (χ3n) is 2.67. The Morgan fingerprint density at radius 3 is 2.62 bits per heavy atom. The molecule has 1 heterocycles. The van der Waals surface area contributed by atoms with Gasteiger partial charge in [0, 0.05) is 0 Å². The molecule has 0 spiro atoms. The molecule has 0 aromatic heterocycles. The van der Waals surface area contributed by atoms with Crippen molar-refractivity contribution < 1.29 is 14.4 Å². The van der Waals surface area contributed by atoms with E-state index in [0.717, 1.165) is 11.3 Å². The minimum atomic E-state index is -0.152. The largest absolute Gasteiger partial charge is 0.497 e. The molecule has 0 radical (unpaired) electrons. The van der Waals surface area contributed by atoms with E-state index < -0.39 is 0 Å². The predicted molar refractivity (Wildman–Crippen MR) is 58.7 cm³/mol. The fourth-order valence-electron chi connectivity index (χ4n) is 1.70. The van der Waals surface area contributed by atoms with E-state index in [1.54, 1.807) is 12.2 Å². The lowest BCUT2D eigenvalue weighted by Gasteiger charge is -2.17. The van der Waals surface area contributed by atoms with Crippen LogP contribution in [0.5, 0.6) is 5.75 Å². The number of nitrogens with zero attached hydrogens (tertiary/aromatic N) is 1. The Balaban J connectivity index is 2.00. The first-order valence-corrected chi connectivity index (χ1v) is 5.29. The standard InChI is InChI=1S/C12H15NO3/c1-9-7-12(14)16-13(9)8-10-3-5-11(15-2)6-4-10/h3-6,9H,7-8H2,1-2H3/t9-/m1/s1. The normalized spacial score (nSPS) is 20.9. The van der Waals surface area contributed by atoms with Gasteiger partial charge in [-0.05, 0) is 24.6 Å². The number of carbonyl (C=O) groups is 1. The molecular weight excluding hydrogens is 206 g/mol. The van der Waals surface area contributed by atoms with Gasteiger partial charge in [-0.25, -0.2) is 0 Å². The smallest absolute Gasteiger partial charge is 0.326 e. The lowest BCUT2D eigenvalue weighted by Crippen LogP contribution is -2.24. The molecule has 0 saturated carbocycles. The first-order valence-electron chi connectivity index (χ1n) is 5.29. The molecule has 0 N–H and O–H groups in total. The molecule has 0 aliphatic carbocycles. The van der Waals surface area contributed by atoms with Crippen LogP contribution in [0.2, 0.25) is 0 Å². The molecule has 1 aromatic rings. The summed E-state index contributed by atoms with van der Waals surface area (Å²) in [7, 11) is 1.64. The number of rotatable bonds is 3. The zero-order chi connectivity index (χ0) is 11.5. The van der Waals surface area contributed by atoms with Crippen LogP contribution in [-0.4, -0.2) is 24.2 Å². The Bertz CT molecular complexity index is 374. The lowest BCUT2D eigenvalue weighted by molar-refractivity contribution is -0.177. The second-order valence-corrected chi connectivity index (χ2v) is 3.94. The Labute approximate surface area is 94.7 Å². The van der Waals surface area contributed by atoms with E-state index >= 15 is 0 Å². The average molecular weight is 221 g/mol. The van der Waals surface area contributed by atoms with Crippen LogP contribution in [0, 0.1) is 0 Å². The van der Waals surface area contributed by atoms with Crippen LogP contribution < -0.4 is 4.74 Å². The summed E-state index contributed by atoms with van der Waals surface area (Å²) >= 11 is 0. The molecule has 1 aliphatic heterocycles. The molecule has 0 amide bonds. The molecule has 1 fully saturated rings. The highest BCUT2D eigenvalue weighted by Gasteiger charge is 2.28. The number of carbonyl (C=O) groups excluding carboxylic acids is 1. The minimum absolute atomic E-state index is 0.148. The maximum absolute atomic E-state index is 11.1. The van der Waals surface area contributed by atoms with E-state index in [0.29, 0.717) is 13.0 Å². The third kappa shape index (κ3) is 2.33. The van der Waals surface area contributed by atoms with Gasteiger partial charge in [0.1, 0.15) is 5.75 Å². The van der Waals surface area contributed by atoms with E-state index in [4.69, 9.17) is 9.57 Å². The van der Waals surface area contributed by atoms with Gasteiger partial charge in [-0.1, -0.05) is 12.1 Å². The summed E-state index contributed by atoms with van der Waals surface area (Å²) in [5, 5.41) is 1.71. The zero-order valence-electron chi connectivity index (χ0n) is 9.47. The summed E-state index contributed by atoms with van der Waals surface area (Å²) in [6.45, 7) is 2.60. The molecule has 86 valence electrons. The SMILES string of the molecule is COc1ccc(CN2OC(=O)C[C@H]2C)cc1. The first-order chi connectivity index (χ1) is 7.69. The Hall–Kier alpha value is -1.55. The van der Waals surface area contributed by atoms with Gasteiger partial charge in [0.15, 0.2) is 0 Å². The summed E-state index contributed by atoms with van der Waals surface area (Å²) in [5.74, 6) is 0.677. The van der Waals surface area contributed by atoms with Gasteiger partial charge in [0.25, 0.3) is 0 Å². The van der Waals surface area contributed by atoms with E-state index in [1.807, 2.05) is 31.2 Å². The Morgan fingerprint density at radius 1 is 1.44 bits per heavy atom. The summed E-state index contributed by atoms with van der Waals surface area (Å²) in [5.41, 5.74) is 1.10. The van der Waals surface area contributed by atoms with Gasteiger partial charge in [0.05, 0.1) is 26.1 Å². The van der Waals surface area contributed by atoms with E-state index in [1.165, 1.54) is 0 Å². The zero-order valence-corrected chi connectivity index (χ0v) is 9.47. The molecule has 1 atom stereocenters. The van der Waals surface area contributed by atoms with Crippen LogP contribution in [0.4, 0.5) is 0 Å². The van der Waals surface area contributed by atoms with Crippen molar-refractivity contribution in [1.29, 1.82) is 0 Å². The van der Waals surface area contributed by atoms with Gasteiger partial charge in [-0.2, -0.15) is 0 Å². The Kier molecular flexibility index (Phi) is 3.10. The molecular formula is C12H15NO3. The molecule has 1 aromatic carbocycles. The number of hydrogen-bond donors (Lipinski definition) is 0. The number of ether oxygens (including phenoxy) is 1. The maximum Gasteiger partial charge on any atom is 0.326 e. The van der Waals surface area contributed by atoms with Gasteiger partial charge in [-0.3, -0.25) is 4.79 Å². The van der Waals surface area contributed by atoms with Gasteiger partial charge in [0.2, 0.25) is 0 Å². The van der Waals surface area contributed by atoms with Crippen LogP contribution in [0.1, 0.15) is 18.9 Å². The average Bonchev–Trinajstić information content (AvgIpc) is 2.59. The van der Waals surface area contributed by atoms with Crippen LogP contribution in [-0.2, 0) is 16.2 Å². The summed E-state index contributed by atoms with van der Waals surface area (Å²) in [4.78, 5) is 16.2. The molecule has 4 nitrogen and oxygen atoms in total. The second kappa shape index (κ2) is 4.53. The maximum atomic E-state index is 11.1. The van der Waals surface area contributed by atoms with Gasteiger partial charge < -0.3 is 9.57 Å². The summed E-state index contributed by atoms with van der Waals surface area (Å²) < 4.78 is 5.08. The molecule has 0 bridgehead atoms. The monoisotopic (exact) mass is 221 g/mol. The van der Waals surface area contributed by atoms with Crippen molar-refractivity contribution in [2.24, 2.45) is 0 Å². The van der Waals surface area contributed by atoms with Crippen molar-refractivity contribution in [3.63, 3.8) is 0 Å². The van der Waals surface area contributed by atoms with Crippen molar-refractivity contribution in [3.8, 4) is 5.75 Å². The molecule has 1 aliphatic rings. The van der Waals surface area contributed by atoms with E-state index in [2.05, 4.69) is 0 Å². The van der Waals surface area contributed by atoms with E-state index in [9.17, 15) is 4.79 Å². The van der Waals surface area contributed by atoms with Crippen molar-refractivity contribution in [2.45, 2.75) is 25.9 Å². The number of methoxy groups -OCH3 is 1. The number of benzene rings is 1. The molecule has 2 rings (SSSR count). The lowest BCUT2D eigenvalue weighted by atomic mass is 10.2. The fraction of sp³-hybridized carbons (Fsp3) is 0.417. The second-order valence-electron chi connectivity index (χ2n) is 3.94. The van der Waals surface area contributed by atoms with Crippen molar-refractivity contribution in [3.05, 3.63) is 29.8 Å². The third-order valence-corrected chi connectivity index (χ3v) is 2.67. The van der Waals surface area contributed by atoms with Crippen LogP contribution >= 0.6 is 0 Å². The van der Waals surface area contributed by atoms with Crippen LogP contribution in [0.3, 0.4) is 0 Å². The van der Waals surface area contributed by atoms with Crippen LogP contribution in [0.25, 0.3) is 0 Å². The predicted octanol–water partition coefficient (Wildman–Crippen LogP) is 1.75. The molecule has 0 unspecified atom stereocenters. The summed E-state index contributed by atoms with van der Waals surface area (Å²) in [6, 6.07) is 7.89. The highest BCUT2D eigenvalue weighted by molar-refractivity contribution is 5.71. The van der Waals surface area contributed by atoms with Gasteiger partial charge >= 0.3 is 5.97 Å². The molecule has 4 heteroatoms. The molecule has 16 heavy (non-hydrogen) atoms. The highest BCUT2D eigenvalue weighted by Crippen LogP contribution is 2.19. The van der Waals surface area contributed by atoms with Crippen LogP contribution in [0.15, 0.2) is 24.3 Å². The topological polar surface area (TPSA) is 38.8 Å². The first kappa shape index (κ1) is 11.0. The van der Waals surface area contributed by atoms with Crippen molar-refractivity contribution in [2.75, 3.05) is 7.11 Å². The summed E-state index contributed by atoms with van der Waals surface area (Å²) in [6.07, 6.45) is 0.468. The van der Waals surface area contributed by atoms with Gasteiger partial charge in [-0.15, -0.1) is 5.06 Å². The molecule has 1 saturated heterocycles. The number of hydrogen-bond acceptors (Lipinski definition) is 4.